The second kappa shape index (κ2) is 8.07. The smallest absolute Gasteiger partial charge is 0.233 e. The monoisotopic (exact) mass is 265 g/mol. The molecule has 0 spiro atoms. The molecule has 1 aromatic rings. The molecule has 1 fully saturated rings. The Morgan fingerprint density at radius 1 is 1.32 bits per heavy atom. The van der Waals surface area contributed by atoms with Crippen LogP contribution in [0, 0.1) is 5.92 Å². The summed E-state index contributed by atoms with van der Waals surface area (Å²) in [6, 6.07) is 3.87. The first kappa shape index (κ1) is 14.2. The highest BCUT2D eigenvalue weighted by atomic mass is 16.5. The van der Waals surface area contributed by atoms with Gasteiger partial charge in [-0.1, -0.05) is 6.92 Å². The van der Waals surface area contributed by atoms with Crippen molar-refractivity contribution >= 4 is 0 Å². The van der Waals surface area contributed by atoms with Crippen LogP contribution in [-0.4, -0.2) is 36.6 Å². The van der Waals surface area contributed by atoms with Crippen LogP contribution in [0.15, 0.2) is 12.1 Å². The SMILES string of the molecule is CCCNCc1ccc(OCC2CCOCC2)nn1. The maximum atomic E-state index is 5.68. The van der Waals surface area contributed by atoms with Gasteiger partial charge >= 0.3 is 0 Å². The highest BCUT2D eigenvalue weighted by Crippen LogP contribution is 2.16. The average molecular weight is 265 g/mol. The van der Waals surface area contributed by atoms with E-state index in [1.807, 2.05) is 12.1 Å². The summed E-state index contributed by atoms with van der Waals surface area (Å²) in [5.41, 5.74) is 0.951. The number of ether oxygens (including phenoxy) is 2. The van der Waals surface area contributed by atoms with Gasteiger partial charge in [0.1, 0.15) is 0 Å². The van der Waals surface area contributed by atoms with Gasteiger partial charge in [-0.3, -0.25) is 0 Å². The molecular weight excluding hydrogens is 242 g/mol. The highest BCUT2D eigenvalue weighted by molar-refractivity contribution is 5.11. The fourth-order valence-corrected chi connectivity index (χ4v) is 2.03. The molecule has 0 atom stereocenters. The molecule has 0 bridgehead atoms. The maximum absolute atomic E-state index is 5.68. The second-order valence-corrected chi connectivity index (χ2v) is 4.91. The molecule has 106 valence electrons. The lowest BCUT2D eigenvalue weighted by atomic mass is 10.0. The van der Waals surface area contributed by atoms with Crippen LogP contribution in [0.1, 0.15) is 31.9 Å². The van der Waals surface area contributed by atoms with Gasteiger partial charge in [0, 0.05) is 25.8 Å². The number of aromatic nitrogens is 2. The van der Waals surface area contributed by atoms with Crippen LogP contribution in [0.4, 0.5) is 0 Å². The molecule has 1 N–H and O–H groups in total. The molecule has 0 unspecified atom stereocenters. The Labute approximate surface area is 114 Å². The van der Waals surface area contributed by atoms with Crippen molar-refractivity contribution in [3.63, 3.8) is 0 Å². The number of hydrogen-bond acceptors (Lipinski definition) is 5. The van der Waals surface area contributed by atoms with Gasteiger partial charge in [0.15, 0.2) is 0 Å². The maximum Gasteiger partial charge on any atom is 0.233 e. The molecule has 0 saturated carbocycles. The fourth-order valence-electron chi connectivity index (χ4n) is 2.03. The number of nitrogens with zero attached hydrogens (tertiary/aromatic N) is 2. The van der Waals surface area contributed by atoms with Gasteiger partial charge in [-0.15, -0.1) is 5.10 Å². The zero-order chi connectivity index (χ0) is 13.3. The summed E-state index contributed by atoms with van der Waals surface area (Å²) in [4.78, 5) is 0. The van der Waals surface area contributed by atoms with E-state index in [4.69, 9.17) is 9.47 Å². The van der Waals surface area contributed by atoms with Gasteiger partial charge < -0.3 is 14.8 Å². The minimum atomic E-state index is 0.585. The van der Waals surface area contributed by atoms with Gasteiger partial charge in [0.05, 0.1) is 12.3 Å². The van der Waals surface area contributed by atoms with Crippen LogP contribution in [-0.2, 0) is 11.3 Å². The van der Waals surface area contributed by atoms with Crippen LogP contribution in [0.25, 0.3) is 0 Å². The summed E-state index contributed by atoms with van der Waals surface area (Å²) < 4.78 is 11.0. The van der Waals surface area contributed by atoms with E-state index in [-0.39, 0.29) is 0 Å². The molecule has 2 heterocycles. The first-order valence-corrected chi connectivity index (χ1v) is 7.12. The summed E-state index contributed by atoms with van der Waals surface area (Å²) in [6.07, 6.45) is 3.28. The zero-order valence-corrected chi connectivity index (χ0v) is 11.6. The van der Waals surface area contributed by atoms with E-state index < -0.39 is 0 Å². The van der Waals surface area contributed by atoms with Crippen LogP contribution >= 0.6 is 0 Å². The molecule has 2 rings (SSSR count). The van der Waals surface area contributed by atoms with E-state index in [0.29, 0.717) is 18.4 Å². The predicted octanol–water partition coefficient (Wildman–Crippen LogP) is 1.78. The molecule has 0 aromatic carbocycles. The van der Waals surface area contributed by atoms with Crippen molar-refractivity contribution in [3.05, 3.63) is 17.8 Å². The third-order valence-corrected chi connectivity index (χ3v) is 3.24. The summed E-state index contributed by atoms with van der Waals surface area (Å²) in [6.45, 7) is 6.33. The summed E-state index contributed by atoms with van der Waals surface area (Å²) in [7, 11) is 0. The number of nitrogens with one attached hydrogen (secondary N) is 1. The van der Waals surface area contributed by atoms with E-state index in [2.05, 4.69) is 22.4 Å². The Bertz CT molecular complexity index is 350. The van der Waals surface area contributed by atoms with Crippen LogP contribution in [0.2, 0.25) is 0 Å². The highest BCUT2D eigenvalue weighted by Gasteiger charge is 2.14. The van der Waals surface area contributed by atoms with Crippen molar-refractivity contribution < 1.29 is 9.47 Å². The lowest BCUT2D eigenvalue weighted by molar-refractivity contribution is 0.0489. The Kier molecular flexibility index (Phi) is 6.04. The fraction of sp³-hybridized carbons (Fsp3) is 0.714. The van der Waals surface area contributed by atoms with Gasteiger partial charge in [-0.2, -0.15) is 5.10 Å². The standard InChI is InChI=1S/C14H23N3O2/c1-2-7-15-10-13-3-4-14(17-16-13)19-11-12-5-8-18-9-6-12/h3-4,12,15H,2,5-11H2,1H3. The second-order valence-electron chi connectivity index (χ2n) is 4.91. The van der Waals surface area contributed by atoms with Gasteiger partial charge in [0.25, 0.3) is 0 Å². The van der Waals surface area contributed by atoms with Gasteiger partial charge in [-0.05, 0) is 37.8 Å². The average Bonchev–Trinajstić information content (AvgIpc) is 2.48. The van der Waals surface area contributed by atoms with Gasteiger partial charge in [-0.25, -0.2) is 0 Å². The zero-order valence-electron chi connectivity index (χ0n) is 11.6. The van der Waals surface area contributed by atoms with Crippen molar-refractivity contribution in [1.82, 2.24) is 15.5 Å². The van der Waals surface area contributed by atoms with Crippen LogP contribution in [0.3, 0.4) is 0 Å². The quantitative estimate of drug-likeness (QED) is 0.762. The van der Waals surface area contributed by atoms with Crippen molar-refractivity contribution in [2.45, 2.75) is 32.7 Å². The Balaban J connectivity index is 1.71. The normalized spacial score (nSPS) is 16.5. The molecule has 5 nitrogen and oxygen atoms in total. The van der Waals surface area contributed by atoms with Crippen molar-refractivity contribution in [2.24, 2.45) is 5.92 Å². The molecule has 1 aliphatic rings. The molecule has 1 aliphatic heterocycles. The minimum Gasteiger partial charge on any atom is -0.476 e. The summed E-state index contributed by atoms with van der Waals surface area (Å²) in [5.74, 6) is 1.20. The largest absolute Gasteiger partial charge is 0.476 e. The summed E-state index contributed by atoms with van der Waals surface area (Å²) >= 11 is 0. The van der Waals surface area contributed by atoms with E-state index in [0.717, 1.165) is 51.3 Å². The van der Waals surface area contributed by atoms with E-state index >= 15 is 0 Å². The van der Waals surface area contributed by atoms with Gasteiger partial charge in [0.2, 0.25) is 5.88 Å². The lowest BCUT2D eigenvalue weighted by Gasteiger charge is -2.21. The van der Waals surface area contributed by atoms with E-state index in [1.54, 1.807) is 0 Å². The topological polar surface area (TPSA) is 56.3 Å². The number of rotatable bonds is 7. The summed E-state index contributed by atoms with van der Waals surface area (Å²) in [5, 5.41) is 11.5. The first-order valence-electron chi connectivity index (χ1n) is 7.12. The van der Waals surface area contributed by atoms with Crippen LogP contribution in [0.5, 0.6) is 5.88 Å². The molecule has 19 heavy (non-hydrogen) atoms. The Morgan fingerprint density at radius 2 is 2.16 bits per heavy atom. The van der Waals surface area contributed by atoms with E-state index in [9.17, 15) is 0 Å². The Morgan fingerprint density at radius 3 is 2.84 bits per heavy atom. The molecule has 1 aromatic heterocycles. The third kappa shape index (κ3) is 5.12. The molecule has 0 radical (unpaired) electrons. The van der Waals surface area contributed by atoms with Crippen molar-refractivity contribution in [2.75, 3.05) is 26.4 Å². The predicted molar refractivity (Wildman–Crippen MR) is 73.1 cm³/mol. The van der Waals surface area contributed by atoms with Crippen molar-refractivity contribution in [3.8, 4) is 5.88 Å². The lowest BCUT2D eigenvalue weighted by Crippen LogP contribution is -2.21. The third-order valence-electron chi connectivity index (χ3n) is 3.24. The minimum absolute atomic E-state index is 0.585. The molecule has 1 saturated heterocycles. The number of hydrogen-bond donors (Lipinski definition) is 1. The molecule has 0 aliphatic carbocycles. The van der Waals surface area contributed by atoms with Crippen molar-refractivity contribution in [1.29, 1.82) is 0 Å². The Hall–Kier alpha value is -1.20. The molecule has 5 heteroatoms. The molecular formula is C14H23N3O2. The van der Waals surface area contributed by atoms with Crippen LogP contribution < -0.4 is 10.1 Å². The molecule has 0 amide bonds. The first-order chi connectivity index (χ1) is 9.38. The van der Waals surface area contributed by atoms with E-state index in [1.165, 1.54) is 0 Å².